The van der Waals surface area contributed by atoms with Crippen LogP contribution in [-0.4, -0.2) is 53.8 Å². The van der Waals surface area contributed by atoms with Crippen molar-refractivity contribution < 1.29 is 15.0 Å². The Morgan fingerprint density at radius 3 is 2.53 bits per heavy atom. The van der Waals surface area contributed by atoms with Crippen LogP contribution in [0.3, 0.4) is 0 Å². The summed E-state index contributed by atoms with van der Waals surface area (Å²) < 4.78 is 0. The van der Waals surface area contributed by atoms with Crippen molar-refractivity contribution in [3.63, 3.8) is 0 Å². The van der Waals surface area contributed by atoms with Crippen molar-refractivity contribution in [2.24, 2.45) is 0 Å². The zero-order valence-corrected chi connectivity index (χ0v) is 11.9. The number of phenols is 1. The summed E-state index contributed by atoms with van der Waals surface area (Å²) in [6.07, 6.45) is 0. The number of carbonyl (C=O) groups excluding carboxylic acids is 1. The van der Waals surface area contributed by atoms with Crippen LogP contribution in [0.4, 0.5) is 0 Å². The lowest BCUT2D eigenvalue weighted by Crippen LogP contribution is -2.47. The largest absolute Gasteiger partial charge is 0.508 e. The molecule has 0 aliphatic rings. The number of benzene rings is 1. The van der Waals surface area contributed by atoms with Crippen LogP contribution < -0.4 is 5.32 Å². The Bertz CT molecular complexity index is 436. The van der Waals surface area contributed by atoms with Gasteiger partial charge in [0.25, 0.3) is 5.91 Å². The molecule has 1 rings (SSSR count). The number of hydrogen-bond donors (Lipinski definition) is 3. The van der Waals surface area contributed by atoms with Gasteiger partial charge in [0.1, 0.15) is 5.75 Å². The molecule has 1 unspecified atom stereocenters. The van der Waals surface area contributed by atoms with Crippen molar-refractivity contribution in [3.8, 4) is 5.75 Å². The summed E-state index contributed by atoms with van der Waals surface area (Å²) in [5.41, 5.74) is 0.203. The van der Waals surface area contributed by atoms with Crippen molar-refractivity contribution >= 4 is 5.91 Å². The molecule has 19 heavy (non-hydrogen) atoms. The van der Waals surface area contributed by atoms with Crippen LogP contribution in [0.2, 0.25) is 0 Å². The number of aliphatic hydroxyl groups is 1. The Morgan fingerprint density at radius 2 is 2.00 bits per heavy atom. The molecule has 1 atom stereocenters. The van der Waals surface area contributed by atoms with Gasteiger partial charge in [-0.2, -0.15) is 0 Å². The third kappa shape index (κ3) is 5.28. The molecular weight excluding hydrogens is 244 g/mol. The predicted octanol–water partition coefficient (Wildman–Crippen LogP) is 0.743. The molecule has 0 saturated carbocycles. The van der Waals surface area contributed by atoms with Gasteiger partial charge in [-0.05, 0) is 51.7 Å². The first-order valence-corrected chi connectivity index (χ1v) is 6.15. The third-order valence-corrected chi connectivity index (χ3v) is 2.61. The van der Waals surface area contributed by atoms with E-state index >= 15 is 0 Å². The zero-order chi connectivity index (χ0) is 14.6. The zero-order valence-electron chi connectivity index (χ0n) is 11.9. The second kappa shape index (κ2) is 6.04. The number of nitrogens with zero attached hydrogens (tertiary/aromatic N) is 1. The summed E-state index contributed by atoms with van der Waals surface area (Å²) in [6.45, 7) is 4.07. The normalized spacial score (nSPS) is 14.2. The molecule has 0 bridgehead atoms. The highest BCUT2D eigenvalue weighted by Gasteiger charge is 2.22. The molecule has 5 nitrogen and oxygen atoms in total. The monoisotopic (exact) mass is 266 g/mol. The minimum Gasteiger partial charge on any atom is -0.508 e. The second-order valence-corrected chi connectivity index (χ2v) is 5.47. The van der Waals surface area contributed by atoms with Gasteiger partial charge in [0.2, 0.25) is 0 Å². The molecular formula is C14H22N2O3. The first-order valence-electron chi connectivity index (χ1n) is 6.15. The van der Waals surface area contributed by atoms with Gasteiger partial charge in [-0.3, -0.25) is 4.79 Å². The molecule has 0 aliphatic carbocycles. The molecule has 5 heteroatoms. The van der Waals surface area contributed by atoms with Crippen LogP contribution in [0.25, 0.3) is 0 Å². The van der Waals surface area contributed by atoms with Crippen LogP contribution in [0, 0.1) is 6.92 Å². The molecule has 1 amide bonds. The summed E-state index contributed by atoms with van der Waals surface area (Å²) >= 11 is 0. The van der Waals surface area contributed by atoms with Gasteiger partial charge < -0.3 is 20.4 Å². The van der Waals surface area contributed by atoms with E-state index in [9.17, 15) is 15.0 Å². The number of amides is 1. The molecule has 0 spiro atoms. The van der Waals surface area contributed by atoms with E-state index in [1.54, 1.807) is 26.0 Å². The molecule has 0 heterocycles. The fourth-order valence-electron chi connectivity index (χ4n) is 2.00. The van der Waals surface area contributed by atoms with Crippen molar-refractivity contribution in [2.75, 3.05) is 27.2 Å². The predicted molar refractivity (Wildman–Crippen MR) is 74.4 cm³/mol. The first kappa shape index (κ1) is 15.5. The highest BCUT2D eigenvalue weighted by molar-refractivity contribution is 5.94. The number of rotatable bonds is 5. The standard InChI is InChI=1S/C14H22N2O3/c1-10-5-11(7-12(17)6-10)13(18)15-8-14(2,19)9-16(3)4/h5-7,17,19H,8-9H2,1-4H3,(H,15,18). The van der Waals surface area contributed by atoms with Crippen molar-refractivity contribution in [1.29, 1.82) is 0 Å². The van der Waals surface area contributed by atoms with Gasteiger partial charge in [0.15, 0.2) is 0 Å². The van der Waals surface area contributed by atoms with Crippen LogP contribution >= 0.6 is 0 Å². The van der Waals surface area contributed by atoms with Crippen LogP contribution in [0.5, 0.6) is 5.75 Å². The Labute approximate surface area is 113 Å². The number of phenolic OH excluding ortho intramolecular Hbond substituents is 1. The number of nitrogens with one attached hydrogen (secondary N) is 1. The summed E-state index contributed by atoms with van der Waals surface area (Å²) in [7, 11) is 3.71. The SMILES string of the molecule is Cc1cc(O)cc(C(=O)NCC(C)(O)CN(C)C)c1. The maximum Gasteiger partial charge on any atom is 0.251 e. The smallest absolute Gasteiger partial charge is 0.251 e. The van der Waals surface area contributed by atoms with E-state index in [0.717, 1.165) is 5.56 Å². The van der Waals surface area contributed by atoms with E-state index in [1.165, 1.54) is 6.07 Å². The van der Waals surface area contributed by atoms with E-state index < -0.39 is 5.60 Å². The summed E-state index contributed by atoms with van der Waals surface area (Å²) in [4.78, 5) is 13.8. The minimum atomic E-state index is -0.995. The molecule has 0 fully saturated rings. The highest BCUT2D eigenvalue weighted by atomic mass is 16.3. The van der Waals surface area contributed by atoms with Gasteiger partial charge in [-0.15, -0.1) is 0 Å². The lowest BCUT2D eigenvalue weighted by Gasteiger charge is -2.27. The molecule has 0 aromatic heterocycles. The van der Waals surface area contributed by atoms with Crippen molar-refractivity contribution in [1.82, 2.24) is 10.2 Å². The molecule has 106 valence electrons. The highest BCUT2D eigenvalue weighted by Crippen LogP contribution is 2.15. The number of carbonyl (C=O) groups is 1. The van der Waals surface area contributed by atoms with Gasteiger partial charge in [0.05, 0.1) is 5.60 Å². The Morgan fingerprint density at radius 1 is 1.37 bits per heavy atom. The van der Waals surface area contributed by atoms with E-state index in [0.29, 0.717) is 12.1 Å². The van der Waals surface area contributed by atoms with E-state index in [4.69, 9.17) is 0 Å². The number of hydrogen-bond acceptors (Lipinski definition) is 4. The summed E-state index contributed by atoms with van der Waals surface area (Å²) in [5.74, 6) is -0.247. The molecule has 0 saturated heterocycles. The number of likely N-dealkylation sites (N-methyl/N-ethyl adjacent to an activating group) is 1. The average Bonchev–Trinajstić information content (AvgIpc) is 2.22. The van der Waals surface area contributed by atoms with Crippen LogP contribution in [0.1, 0.15) is 22.8 Å². The molecule has 0 radical (unpaired) electrons. The second-order valence-electron chi connectivity index (χ2n) is 5.47. The van der Waals surface area contributed by atoms with Crippen molar-refractivity contribution in [2.45, 2.75) is 19.4 Å². The summed E-state index contributed by atoms with van der Waals surface area (Å²) in [6, 6.07) is 4.68. The van der Waals surface area contributed by atoms with Gasteiger partial charge in [-0.25, -0.2) is 0 Å². The lowest BCUT2D eigenvalue weighted by atomic mass is 10.1. The topological polar surface area (TPSA) is 72.8 Å². The Balaban J connectivity index is 2.65. The minimum absolute atomic E-state index is 0.0604. The van der Waals surface area contributed by atoms with Crippen molar-refractivity contribution in [3.05, 3.63) is 29.3 Å². The molecule has 3 N–H and O–H groups in total. The van der Waals surface area contributed by atoms with E-state index in [1.807, 2.05) is 19.0 Å². The first-order chi connectivity index (χ1) is 8.69. The maximum atomic E-state index is 11.9. The fourth-order valence-corrected chi connectivity index (χ4v) is 2.00. The summed E-state index contributed by atoms with van der Waals surface area (Å²) in [5, 5.41) is 22.2. The Kier molecular flexibility index (Phi) is 4.91. The average molecular weight is 266 g/mol. The molecule has 1 aromatic rings. The van der Waals surface area contributed by atoms with Gasteiger partial charge in [-0.1, -0.05) is 0 Å². The lowest BCUT2D eigenvalue weighted by molar-refractivity contribution is 0.0326. The van der Waals surface area contributed by atoms with Crippen LogP contribution in [-0.2, 0) is 0 Å². The molecule has 1 aromatic carbocycles. The Hall–Kier alpha value is -1.59. The maximum absolute atomic E-state index is 11.9. The van der Waals surface area contributed by atoms with E-state index in [2.05, 4.69) is 5.32 Å². The van der Waals surface area contributed by atoms with Gasteiger partial charge >= 0.3 is 0 Å². The fraction of sp³-hybridized carbons (Fsp3) is 0.500. The van der Waals surface area contributed by atoms with E-state index in [-0.39, 0.29) is 18.2 Å². The van der Waals surface area contributed by atoms with Gasteiger partial charge in [0, 0.05) is 18.7 Å². The molecule has 0 aliphatic heterocycles. The number of aromatic hydroxyl groups is 1. The van der Waals surface area contributed by atoms with Crippen LogP contribution in [0.15, 0.2) is 18.2 Å². The third-order valence-electron chi connectivity index (χ3n) is 2.61. The number of aryl methyl sites for hydroxylation is 1. The quantitative estimate of drug-likeness (QED) is 0.735.